The number of likely N-dealkylation sites (N-methyl/N-ethyl adjacent to an activating group) is 1. The van der Waals surface area contributed by atoms with Gasteiger partial charge in [-0.25, -0.2) is 9.78 Å². The Hall–Kier alpha value is -3.86. The first kappa shape index (κ1) is 26.2. The average molecular weight is 518 g/mol. The van der Waals surface area contributed by atoms with Crippen LogP contribution in [-0.4, -0.2) is 59.9 Å². The molecule has 3 N–H and O–H groups in total. The highest BCUT2D eigenvalue weighted by molar-refractivity contribution is 6.99. The van der Waals surface area contributed by atoms with Gasteiger partial charge in [-0.05, 0) is 34.6 Å². The molecule has 4 aromatic rings. The molecule has 4 rings (SSSR count). The Labute approximate surface area is 216 Å². The Balaban J connectivity index is 1.60. The van der Waals surface area contributed by atoms with Crippen LogP contribution in [-0.2, 0) is 9.22 Å². The average Bonchev–Trinajstić information content (AvgIpc) is 3.31. The van der Waals surface area contributed by atoms with Gasteiger partial charge in [-0.15, -0.1) is 0 Å². The quantitative estimate of drug-likeness (QED) is 0.308. The fraction of sp³-hybridized carbons (Fsp3) is 0.259. The van der Waals surface area contributed by atoms with Gasteiger partial charge in [0.1, 0.15) is 17.4 Å². The number of carboxylic acid groups (broad SMARTS) is 1. The Morgan fingerprint density at radius 2 is 1.59 bits per heavy atom. The number of nitrogens with zero attached hydrogens (tertiary/aromatic N) is 3. The molecule has 0 aliphatic heterocycles. The predicted octanol–water partition coefficient (Wildman–Crippen LogP) is 3.06. The first-order valence-electron chi connectivity index (χ1n) is 12.0. The number of hydrogen-bond donors (Lipinski definition) is 3. The minimum Gasteiger partial charge on any atom is -0.463 e. The monoisotopic (exact) mass is 517 g/mol. The van der Waals surface area contributed by atoms with Crippen molar-refractivity contribution in [1.29, 1.82) is 0 Å². The van der Waals surface area contributed by atoms with E-state index in [0.717, 1.165) is 15.1 Å². The van der Waals surface area contributed by atoms with E-state index in [4.69, 9.17) is 4.43 Å². The lowest BCUT2D eigenvalue weighted by Crippen LogP contribution is -2.67. The van der Waals surface area contributed by atoms with Crippen LogP contribution in [0.3, 0.4) is 0 Å². The Morgan fingerprint density at radius 3 is 2.11 bits per heavy atom. The van der Waals surface area contributed by atoms with Gasteiger partial charge >= 0.3 is 6.09 Å². The molecule has 0 fully saturated rings. The molecular weight excluding hydrogens is 486 g/mol. The highest BCUT2D eigenvalue weighted by atomic mass is 28.4. The summed E-state index contributed by atoms with van der Waals surface area (Å²) in [5, 5.41) is 21.0. The Kier molecular flexibility index (Phi) is 7.53. The van der Waals surface area contributed by atoms with Crippen molar-refractivity contribution in [2.75, 3.05) is 19.0 Å². The molecule has 37 heavy (non-hydrogen) atoms. The fourth-order valence-corrected chi connectivity index (χ4v) is 9.18. The highest BCUT2D eigenvalue weighted by Gasteiger charge is 2.50. The van der Waals surface area contributed by atoms with E-state index in [1.165, 1.54) is 6.20 Å². The molecule has 10 heteroatoms. The van der Waals surface area contributed by atoms with Crippen molar-refractivity contribution < 1.29 is 19.1 Å². The topological polar surface area (TPSA) is 118 Å². The molecule has 9 nitrogen and oxygen atoms in total. The molecule has 0 bridgehead atoms. The maximum Gasteiger partial charge on any atom is 0.432 e. The maximum absolute atomic E-state index is 13.2. The van der Waals surface area contributed by atoms with Crippen LogP contribution in [0.2, 0.25) is 5.04 Å². The van der Waals surface area contributed by atoms with Gasteiger partial charge in [0, 0.05) is 0 Å². The van der Waals surface area contributed by atoms with Gasteiger partial charge in [0.25, 0.3) is 8.32 Å². The summed E-state index contributed by atoms with van der Waals surface area (Å²) in [4.78, 5) is 28.9. The smallest absolute Gasteiger partial charge is 0.432 e. The largest absolute Gasteiger partial charge is 0.463 e. The maximum atomic E-state index is 13.2. The predicted molar refractivity (Wildman–Crippen MR) is 146 cm³/mol. The summed E-state index contributed by atoms with van der Waals surface area (Å²) in [5.74, 6) is -0.00829. The van der Waals surface area contributed by atoms with Crippen LogP contribution in [0.25, 0.3) is 11.0 Å². The second kappa shape index (κ2) is 10.6. The summed E-state index contributed by atoms with van der Waals surface area (Å²) in [6.45, 7) is 6.70. The summed E-state index contributed by atoms with van der Waals surface area (Å²) in [6, 6.07) is 22.9. The van der Waals surface area contributed by atoms with Crippen molar-refractivity contribution >= 4 is 47.5 Å². The number of fused-ring (bicyclic) bond motifs is 1. The van der Waals surface area contributed by atoms with E-state index in [0.29, 0.717) is 16.9 Å². The fourth-order valence-electron chi connectivity index (χ4n) is 4.61. The first-order valence-corrected chi connectivity index (χ1v) is 13.9. The summed E-state index contributed by atoms with van der Waals surface area (Å²) < 4.78 is 7.73. The third kappa shape index (κ3) is 5.17. The molecule has 0 aliphatic rings. The van der Waals surface area contributed by atoms with Gasteiger partial charge in [0.15, 0.2) is 0 Å². The van der Waals surface area contributed by atoms with Gasteiger partial charge < -0.3 is 20.2 Å². The van der Waals surface area contributed by atoms with Gasteiger partial charge in [-0.2, -0.15) is 9.78 Å². The number of hydrogen-bond acceptors (Lipinski definition) is 6. The molecule has 1 amide bonds. The third-order valence-electron chi connectivity index (χ3n) is 6.41. The first-order chi connectivity index (χ1) is 17.7. The number of anilines is 1. The molecule has 1 atom stereocenters. The minimum absolute atomic E-state index is 0.148. The number of benzene rings is 2. The number of carbonyl (C=O) groups is 2. The molecule has 2 aromatic carbocycles. The van der Waals surface area contributed by atoms with E-state index in [9.17, 15) is 14.7 Å². The molecule has 0 saturated heterocycles. The zero-order valence-corrected chi connectivity index (χ0v) is 22.3. The van der Waals surface area contributed by atoms with Crippen molar-refractivity contribution in [3.05, 3.63) is 79.0 Å². The van der Waals surface area contributed by atoms with Crippen LogP contribution in [0.1, 0.15) is 20.8 Å². The molecule has 0 spiro atoms. The zero-order chi connectivity index (χ0) is 26.6. The number of rotatable bonds is 8. The van der Waals surface area contributed by atoms with E-state index >= 15 is 0 Å². The van der Waals surface area contributed by atoms with E-state index < -0.39 is 20.5 Å². The number of amides is 1. The molecule has 0 radical (unpaired) electrons. The van der Waals surface area contributed by atoms with Gasteiger partial charge in [0.2, 0.25) is 5.91 Å². The van der Waals surface area contributed by atoms with Gasteiger partial charge in [-0.1, -0.05) is 81.4 Å². The SMILES string of the molecule is CNC(CO[Si](c1ccccc1)(c1ccccc1)C(C)(C)C)C(=O)Nc1ccc2c(cnn2C(=O)O)n1. The molecular formula is C27H31N5O4Si. The molecule has 0 aliphatic carbocycles. The molecule has 1 unspecified atom stereocenters. The summed E-state index contributed by atoms with van der Waals surface area (Å²) in [7, 11) is -1.10. The molecule has 2 heterocycles. The van der Waals surface area contributed by atoms with Crippen molar-refractivity contribution in [3.63, 3.8) is 0 Å². The molecule has 0 saturated carbocycles. The van der Waals surface area contributed by atoms with Crippen LogP contribution in [0.15, 0.2) is 79.0 Å². The van der Waals surface area contributed by atoms with Crippen LogP contribution >= 0.6 is 0 Å². The highest BCUT2D eigenvalue weighted by Crippen LogP contribution is 2.36. The van der Waals surface area contributed by atoms with E-state index in [-0.39, 0.29) is 17.6 Å². The minimum atomic E-state index is -2.81. The van der Waals surface area contributed by atoms with Gasteiger partial charge in [-0.3, -0.25) is 4.79 Å². The van der Waals surface area contributed by atoms with E-state index in [1.807, 2.05) is 36.4 Å². The second-order valence-corrected chi connectivity index (χ2v) is 14.1. The second-order valence-electron chi connectivity index (χ2n) is 9.74. The van der Waals surface area contributed by atoms with Crippen LogP contribution in [0, 0.1) is 0 Å². The normalized spacial score (nSPS) is 12.9. The Morgan fingerprint density at radius 1 is 1.00 bits per heavy atom. The standard InChI is InChI=1S/C27H31N5O4Si/c1-27(2,3)37(19-11-7-5-8-12-19,20-13-9-6-10-14-20)36-18-22(28-4)25(33)31-24-16-15-23-21(30-24)17-29-32(23)26(34)35/h5-17,22,28H,18H2,1-4H3,(H,34,35)(H,30,31,33). The summed E-state index contributed by atoms with van der Waals surface area (Å²) in [6.07, 6.45) is 0.144. The number of aromatic nitrogens is 3. The van der Waals surface area contributed by atoms with Crippen molar-refractivity contribution in [1.82, 2.24) is 20.1 Å². The van der Waals surface area contributed by atoms with Crippen molar-refractivity contribution in [3.8, 4) is 0 Å². The number of carbonyl (C=O) groups excluding carboxylic acids is 1. The number of nitrogens with one attached hydrogen (secondary N) is 2. The molecule has 192 valence electrons. The zero-order valence-electron chi connectivity index (χ0n) is 21.3. The van der Waals surface area contributed by atoms with E-state index in [1.54, 1.807) is 19.2 Å². The van der Waals surface area contributed by atoms with E-state index in [2.05, 4.69) is 65.8 Å². The lowest BCUT2D eigenvalue weighted by molar-refractivity contribution is -0.118. The Bertz CT molecular complexity index is 1350. The van der Waals surface area contributed by atoms with Crippen LogP contribution in [0.5, 0.6) is 0 Å². The number of pyridine rings is 1. The molecule has 2 aromatic heterocycles. The van der Waals surface area contributed by atoms with Crippen LogP contribution in [0.4, 0.5) is 10.6 Å². The summed E-state index contributed by atoms with van der Waals surface area (Å²) in [5.41, 5.74) is 0.704. The summed E-state index contributed by atoms with van der Waals surface area (Å²) >= 11 is 0. The third-order valence-corrected chi connectivity index (χ3v) is 11.4. The lowest BCUT2D eigenvalue weighted by atomic mass is 10.2. The van der Waals surface area contributed by atoms with Crippen molar-refractivity contribution in [2.24, 2.45) is 0 Å². The van der Waals surface area contributed by atoms with Crippen LogP contribution < -0.4 is 21.0 Å². The van der Waals surface area contributed by atoms with Crippen molar-refractivity contribution in [2.45, 2.75) is 31.9 Å². The van der Waals surface area contributed by atoms with Gasteiger partial charge in [0.05, 0.1) is 18.3 Å². The lowest BCUT2D eigenvalue weighted by Gasteiger charge is -2.43.